The predicted molar refractivity (Wildman–Crippen MR) is 106 cm³/mol. The molecule has 0 N–H and O–H groups in total. The van der Waals surface area contributed by atoms with Crippen LogP contribution in [-0.2, 0) is 6.54 Å². The van der Waals surface area contributed by atoms with Crippen molar-refractivity contribution in [1.29, 1.82) is 0 Å². The zero-order valence-corrected chi connectivity index (χ0v) is 15.6. The number of halogens is 2. The van der Waals surface area contributed by atoms with Crippen LogP contribution in [0.25, 0.3) is 21.7 Å². The molecule has 0 bridgehead atoms. The molecule has 0 aliphatic carbocycles. The molecule has 1 aliphatic heterocycles. The molecular weight excluding hydrogens is 413 g/mol. The Bertz CT molecular complexity index is 1270. The summed E-state index contributed by atoms with van der Waals surface area (Å²) in [5, 5.41) is 2.21. The Morgan fingerprint density at radius 1 is 1.00 bits per heavy atom. The lowest BCUT2D eigenvalue weighted by Gasteiger charge is -2.31. The van der Waals surface area contributed by atoms with E-state index in [4.69, 9.17) is 9.15 Å². The molecule has 0 atom stereocenters. The molecule has 134 valence electrons. The second-order valence-electron chi connectivity index (χ2n) is 6.42. The molecule has 0 saturated carbocycles. The zero-order chi connectivity index (χ0) is 18.5. The maximum absolute atomic E-state index is 14.4. The molecule has 1 aliphatic rings. The van der Waals surface area contributed by atoms with Gasteiger partial charge in [-0.25, -0.2) is 9.18 Å². The van der Waals surface area contributed by atoms with Gasteiger partial charge < -0.3 is 14.1 Å². The third kappa shape index (κ3) is 2.59. The SMILES string of the molecule is O=c1oc2c3c(ccc2c2ccccc12)OCN(c1ccc(Br)cc1F)C3. The number of anilines is 1. The predicted octanol–water partition coefficient (Wildman–Crippen LogP) is 5.20. The first-order valence-electron chi connectivity index (χ1n) is 8.42. The fourth-order valence-electron chi connectivity index (χ4n) is 3.54. The van der Waals surface area contributed by atoms with Crippen molar-refractivity contribution in [1.82, 2.24) is 0 Å². The van der Waals surface area contributed by atoms with Gasteiger partial charge in [-0.05, 0) is 41.8 Å². The highest BCUT2D eigenvalue weighted by Crippen LogP contribution is 2.36. The number of nitrogens with zero attached hydrogens (tertiary/aromatic N) is 1. The molecule has 0 spiro atoms. The van der Waals surface area contributed by atoms with Crippen molar-refractivity contribution >= 4 is 43.4 Å². The van der Waals surface area contributed by atoms with Gasteiger partial charge in [-0.3, -0.25) is 0 Å². The van der Waals surface area contributed by atoms with Gasteiger partial charge in [0.15, 0.2) is 6.73 Å². The van der Waals surface area contributed by atoms with E-state index in [2.05, 4.69) is 15.9 Å². The van der Waals surface area contributed by atoms with Gasteiger partial charge in [-0.1, -0.05) is 34.1 Å². The third-order valence-corrected chi connectivity index (χ3v) is 5.32. The summed E-state index contributed by atoms with van der Waals surface area (Å²) in [7, 11) is 0. The molecule has 2 heterocycles. The Balaban J connectivity index is 1.70. The quantitative estimate of drug-likeness (QED) is 0.310. The van der Waals surface area contributed by atoms with Gasteiger partial charge in [0.25, 0.3) is 0 Å². The van der Waals surface area contributed by atoms with E-state index in [1.54, 1.807) is 23.1 Å². The van der Waals surface area contributed by atoms with E-state index in [0.717, 1.165) is 16.3 Å². The minimum Gasteiger partial charge on any atom is -0.473 e. The van der Waals surface area contributed by atoms with Gasteiger partial charge in [0.1, 0.15) is 17.1 Å². The van der Waals surface area contributed by atoms with Crippen molar-refractivity contribution < 1.29 is 13.5 Å². The van der Waals surface area contributed by atoms with E-state index in [1.807, 2.05) is 30.3 Å². The van der Waals surface area contributed by atoms with Crippen molar-refractivity contribution in [2.45, 2.75) is 6.54 Å². The van der Waals surface area contributed by atoms with E-state index in [9.17, 15) is 9.18 Å². The third-order valence-electron chi connectivity index (χ3n) is 4.82. The van der Waals surface area contributed by atoms with Gasteiger partial charge >= 0.3 is 5.63 Å². The minimum absolute atomic E-state index is 0.217. The average molecular weight is 426 g/mol. The van der Waals surface area contributed by atoms with Crippen molar-refractivity contribution in [3.8, 4) is 5.75 Å². The summed E-state index contributed by atoms with van der Waals surface area (Å²) in [6.07, 6.45) is 0. The Morgan fingerprint density at radius 3 is 2.63 bits per heavy atom. The monoisotopic (exact) mass is 425 g/mol. The standard InChI is InChI=1S/C21H13BrFNO3/c22-12-5-7-18(17(23)9-12)24-10-16-19(26-11-24)8-6-14-13-3-1-2-4-15(13)21(25)27-20(14)16/h1-9H,10-11H2. The minimum atomic E-state index is -0.390. The second-order valence-corrected chi connectivity index (χ2v) is 7.34. The molecule has 5 rings (SSSR count). The number of hydrogen-bond donors (Lipinski definition) is 0. The molecule has 1 aromatic heterocycles. The van der Waals surface area contributed by atoms with E-state index in [-0.39, 0.29) is 12.5 Å². The van der Waals surface area contributed by atoms with Gasteiger partial charge in [-0.2, -0.15) is 0 Å². The Kier molecular flexibility index (Phi) is 3.68. The van der Waals surface area contributed by atoms with E-state index >= 15 is 0 Å². The van der Waals surface area contributed by atoms with Gasteiger partial charge in [0, 0.05) is 9.86 Å². The molecule has 27 heavy (non-hydrogen) atoms. The van der Waals surface area contributed by atoms with Crippen LogP contribution >= 0.6 is 15.9 Å². The zero-order valence-electron chi connectivity index (χ0n) is 14.0. The molecule has 0 unspecified atom stereocenters. The highest BCUT2D eigenvalue weighted by molar-refractivity contribution is 9.10. The highest BCUT2D eigenvalue weighted by atomic mass is 79.9. The maximum atomic E-state index is 14.4. The lowest BCUT2D eigenvalue weighted by Crippen LogP contribution is -2.32. The summed E-state index contributed by atoms with van der Waals surface area (Å²) < 4.78 is 26.5. The summed E-state index contributed by atoms with van der Waals surface area (Å²) >= 11 is 3.27. The smallest absolute Gasteiger partial charge is 0.344 e. The van der Waals surface area contributed by atoms with Crippen LogP contribution < -0.4 is 15.3 Å². The molecule has 0 radical (unpaired) electrons. The average Bonchev–Trinajstić information content (AvgIpc) is 2.68. The summed E-state index contributed by atoms with van der Waals surface area (Å²) in [5.74, 6) is 0.304. The Hall–Kier alpha value is -2.86. The van der Waals surface area contributed by atoms with Crippen molar-refractivity contribution in [3.05, 3.63) is 80.9 Å². The second kappa shape index (κ2) is 6.09. The lowest BCUT2D eigenvalue weighted by atomic mass is 10.0. The van der Waals surface area contributed by atoms with Crippen LogP contribution in [0.4, 0.5) is 10.1 Å². The largest absolute Gasteiger partial charge is 0.473 e. The summed E-state index contributed by atoms with van der Waals surface area (Å²) in [4.78, 5) is 14.2. The maximum Gasteiger partial charge on any atom is 0.344 e. The van der Waals surface area contributed by atoms with Crippen LogP contribution in [0.3, 0.4) is 0 Å². The number of hydrogen-bond acceptors (Lipinski definition) is 4. The van der Waals surface area contributed by atoms with Crippen LogP contribution in [0, 0.1) is 5.82 Å². The molecular formula is C21H13BrFNO3. The van der Waals surface area contributed by atoms with Crippen molar-refractivity contribution in [2.24, 2.45) is 0 Å². The normalized spacial score (nSPS) is 13.6. The first-order valence-corrected chi connectivity index (χ1v) is 9.21. The highest BCUT2D eigenvalue weighted by Gasteiger charge is 2.24. The molecule has 3 aromatic carbocycles. The molecule has 4 nitrogen and oxygen atoms in total. The molecule has 6 heteroatoms. The van der Waals surface area contributed by atoms with E-state index in [0.29, 0.717) is 33.4 Å². The first-order chi connectivity index (χ1) is 13.1. The summed E-state index contributed by atoms with van der Waals surface area (Å²) in [6, 6.07) is 16.0. The van der Waals surface area contributed by atoms with Crippen LogP contribution in [0.1, 0.15) is 5.56 Å². The summed E-state index contributed by atoms with van der Waals surface area (Å²) in [6.45, 7) is 0.599. The topological polar surface area (TPSA) is 42.7 Å². The lowest BCUT2D eigenvalue weighted by molar-refractivity contribution is 0.287. The molecule has 0 saturated heterocycles. The Labute approximate surface area is 161 Å². The van der Waals surface area contributed by atoms with Crippen LogP contribution in [0.15, 0.2) is 68.3 Å². The van der Waals surface area contributed by atoms with Crippen LogP contribution in [0.2, 0.25) is 0 Å². The van der Waals surface area contributed by atoms with Crippen LogP contribution in [0.5, 0.6) is 5.75 Å². The first kappa shape index (κ1) is 16.3. The molecule has 4 aromatic rings. The van der Waals surface area contributed by atoms with Crippen LogP contribution in [-0.4, -0.2) is 6.73 Å². The summed E-state index contributed by atoms with van der Waals surface area (Å²) in [5.41, 5.74) is 1.27. The fraction of sp³-hybridized carbons (Fsp3) is 0.0952. The number of fused-ring (bicyclic) bond motifs is 5. The fourth-order valence-corrected chi connectivity index (χ4v) is 3.88. The van der Waals surface area contributed by atoms with Gasteiger partial charge in [-0.15, -0.1) is 0 Å². The van der Waals surface area contributed by atoms with Crippen molar-refractivity contribution in [3.63, 3.8) is 0 Å². The molecule has 0 amide bonds. The molecule has 0 fully saturated rings. The number of rotatable bonds is 1. The van der Waals surface area contributed by atoms with Crippen molar-refractivity contribution in [2.75, 3.05) is 11.6 Å². The Morgan fingerprint density at radius 2 is 1.81 bits per heavy atom. The number of benzene rings is 3. The van der Waals surface area contributed by atoms with Gasteiger partial charge in [0.05, 0.1) is 23.2 Å². The van der Waals surface area contributed by atoms with Gasteiger partial charge in [0.2, 0.25) is 0 Å². The van der Waals surface area contributed by atoms with E-state index < -0.39 is 5.63 Å². The number of ether oxygens (including phenoxy) is 1. The van der Waals surface area contributed by atoms with E-state index in [1.165, 1.54) is 6.07 Å².